The lowest BCUT2D eigenvalue weighted by atomic mass is 10.1. The van der Waals surface area contributed by atoms with Crippen LogP contribution < -0.4 is 4.74 Å². The molecule has 0 atom stereocenters. The fraction of sp³-hybridized carbons (Fsp3) is 0.448. The maximum Gasteiger partial charge on any atom is 0.124 e. The summed E-state index contributed by atoms with van der Waals surface area (Å²) in [6, 6.07) is 15.9. The van der Waals surface area contributed by atoms with Gasteiger partial charge in [0.1, 0.15) is 11.5 Å². The van der Waals surface area contributed by atoms with Crippen LogP contribution in [-0.2, 0) is 26.2 Å². The van der Waals surface area contributed by atoms with Crippen molar-refractivity contribution in [3.8, 4) is 11.5 Å². The molecule has 8 heteroatoms. The summed E-state index contributed by atoms with van der Waals surface area (Å²) in [6.45, 7) is 6.12. The van der Waals surface area contributed by atoms with Gasteiger partial charge in [-0.1, -0.05) is 12.1 Å². The highest BCUT2D eigenvalue weighted by atomic mass is 16.5. The molecule has 1 aromatic carbocycles. The number of ether oxygens (including phenoxy) is 1. The van der Waals surface area contributed by atoms with E-state index in [0.717, 1.165) is 54.4 Å². The minimum absolute atomic E-state index is 0.326. The van der Waals surface area contributed by atoms with Crippen LogP contribution in [0.15, 0.2) is 60.9 Å². The first-order valence-electron chi connectivity index (χ1n) is 12.8. The average Bonchev–Trinajstić information content (AvgIpc) is 2.89. The summed E-state index contributed by atoms with van der Waals surface area (Å²) in [7, 11) is 9.97. The first kappa shape index (κ1) is 28.5. The third-order valence-electron chi connectivity index (χ3n) is 6.22. The van der Waals surface area contributed by atoms with E-state index in [1.807, 2.05) is 60.9 Å². The summed E-state index contributed by atoms with van der Waals surface area (Å²) in [4.78, 5) is 18.0. The molecule has 0 aliphatic carbocycles. The number of nitrogens with zero attached hydrogens (tertiary/aromatic N) is 6. The fourth-order valence-corrected chi connectivity index (χ4v) is 4.12. The predicted octanol–water partition coefficient (Wildman–Crippen LogP) is 3.32. The van der Waals surface area contributed by atoms with Crippen molar-refractivity contribution in [2.45, 2.75) is 26.2 Å². The average molecular weight is 507 g/mol. The molecule has 3 rings (SSSR count). The molecule has 8 nitrogen and oxygen atoms in total. The summed E-state index contributed by atoms with van der Waals surface area (Å²) in [5, 5.41) is 11.4. The molecule has 0 spiro atoms. The molecule has 0 aliphatic heterocycles. The predicted molar refractivity (Wildman–Crippen MR) is 148 cm³/mol. The minimum atomic E-state index is 0.326. The van der Waals surface area contributed by atoms with Crippen molar-refractivity contribution < 1.29 is 9.84 Å². The highest BCUT2D eigenvalue weighted by Crippen LogP contribution is 2.31. The molecule has 1 N–H and O–H groups in total. The van der Waals surface area contributed by atoms with E-state index in [4.69, 9.17) is 4.74 Å². The van der Waals surface area contributed by atoms with E-state index in [1.54, 1.807) is 7.11 Å². The highest BCUT2D eigenvalue weighted by molar-refractivity contribution is 5.46. The number of phenolic OH excluding ortho intramolecular Hbond substituents is 1. The number of methoxy groups -OCH3 is 1. The highest BCUT2D eigenvalue weighted by Gasteiger charge is 2.18. The van der Waals surface area contributed by atoms with Gasteiger partial charge in [-0.15, -0.1) is 0 Å². The van der Waals surface area contributed by atoms with Crippen LogP contribution in [0.25, 0.3) is 0 Å². The van der Waals surface area contributed by atoms with Gasteiger partial charge in [0, 0.05) is 75.9 Å². The quantitative estimate of drug-likeness (QED) is 0.337. The van der Waals surface area contributed by atoms with Crippen molar-refractivity contribution in [3.05, 3.63) is 83.4 Å². The van der Waals surface area contributed by atoms with Gasteiger partial charge in [0.2, 0.25) is 0 Å². The molecular formula is C29H42N6O2. The Morgan fingerprint density at radius 2 is 1.14 bits per heavy atom. The van der Waals surface area contributed by atoms with Crippen LogP contribution in [0, 0.1) is 0 Å². The molecule has 0 saturated heterocycles. The Labute approximate surface area is 222 Å². The van der Waals surface area contributed by atoms with Gasteiger partial charge >= 0.3 is 0 Å². The zero-order chi connectivity index (χ0) is 26.6. The Hall–Kier alpha value is -3.04. The summed E-state index contributed by atoms with van der Waals surface area (Å²) in [6.07, 6.45) is 3.65. The van der Waals surface area contributed by atoms with E-state index in [9.17, 15) is 5.11 Å². The van der Waals surface area contributed by atoms with E-state index in [1.165, 1.54) is 0 Å². The van der Waals surface area contributed by atoms with Crippen LogP contribution in [-0.4, -0.2) is 96.2 Å². The van der Waals surface area contributed by atoms with E-state index >= 15 is 0 Å². The van der Waals surface area contributed by atoms with Crippen LogP contribution in [0.1, 0.15) is 22.5 Å². The van der Waals surface area contributed by atoms with Crippen LogP contribution in [0.3, 0.4) is 0 Å². The molecule has 2 heterocycles. The van der Waals surface area contributed by atoms with Crippen molar-refractivity contribution in [1.29, 1.82) is 0 Å². The number of likely N-dealkylation sites (N-methyl/N-ethyl adjacent to an activating group) is 2. The lowest BCUT2D eigenvalue weighted by molar-refractivity contribution is 0.216. The summed E-state index contributed by atoms with van der Waals surface area (Å²) in [5.74, 6) is 1.08. The van der Waals surface area contributed by atoms with Crippen molar-refractivity contribution in [2.75, 3.05) is 61.5 Å². The van der Waals surface area contributed by atoms with Gasteiger partial charge in [0.25, 0.3) is 0 Å². The maximum absolute atomic E-state index is 11.4. The molecule has 0 amide bonds. The minimum Gasteiger partial charge on any atom is -0.507 e. The lowest BCUT2D eigenvalue weighted by Crippen LogP contribution is -2.32. The molecule has 3 aromatic rings. The first-order valence-corrected chi connectivity index (χ1v) is 12.8. The molecule has 0 fully saturated rings. The van der Waals surface area contributed by atoms with E-state index in [0.29, 0.717) is 31.9 Å². The standard InChI is InChI=1S/C29H42N6O2/c1-32(2)14-16-34(22-26-10-6-8-12-30-26)20-24-18-28(37-5)19-25(29(24)36)21-35(17-15-33(3)4)23-27-11-7-9-13-31-27/h6-13,18-19,36H,14-17,20-23H2,1-5H3. The fourth-order valence-electron chi connectivity index (χ4n) is 4.12. The maximum atomic E-state index is 11.4. The van der Waals surface area contributed by atoms with Gasteiger partial charge in [0.05, 0.1) is 18.5 Å². The second kappa shape index (κ2) is 14.6. The van der Waals surface area contributed by atoms with Gasteiger partial charge in [-0.05, 0) is 64.6 Å². The molecular weight excluding hydrogens is 464 g/mol. The molecule has 2 aromatic heterocycles. The van der Waals surface area contributed by atoms with Gasteiger partial charge < -0.3 is 19.6 Å². The Kier molecular flexibility index (Phi) is 11.3. The third-order valence-corrected chi connectivity index (χ3v) is 6.22. The zero-order valence-electron chi connectivity index (χ0n) is 23.0. The Morgan fingerprint density at radius 1 is 0.676 bits per heavy atom. The summed E-state index contributed by atoms with van der Waals surface area (Å²) in [5.41, 5.74) is 3.73. The van der Waals surface area contributed by atoms with Crippen molar-refractivity contribution in [3.63, 3.8) is 0 Å². The number of aromatic nitrogens is 2. The Balaban J connectivity index is 1.85. The normalized spacial score (nSPS) is 11.7. The first-order chi connectivity index (χ1) is 17.8. The summed E-state index contributed by atoms with van der Waals surface area (Å²) >= 11 is 0. The smallest absolute Gasteiger partial charge is 0.124 e. The number of pyridine rings is 2. The topological polar surface area (TPSA) is 68.2 Å². The monoisotopic (exact) mass is 506 g/mol. The number of aromatic hydroxyl groups is 1. The second-order valence-electron chi connectivity index (χ2n) is 9.96. The van der Waals surface area contributed by atoms with E-state index < -0.39 is 0 Å². The van der Waals surface area contributed by atoms with Gasteiger partial charge in [-0.3, -0.25) is 19.8 Å². The van der Waals surface area contributed by atoms with Crippen LogP contribution in [0.2, 0.25) is 0 Å². The molecule has 37 heavy (non-hydrogen) atoms. The lowest BCUT2D eigenvalue weighted by Gasteiger charge is -2.27. The Bertz CT molecular complexity index is 982. The molecule has 200 valence electrons. The molecule has 0 aliphatic rings. The zero-order valence-corrected chi connectivity index (χ0v) is 23.0. The number of hydrogen-bond donors (Lipinski definition) is 1. The molecule has 0 saturated carbocycles. The van der Waals surface area contributed by atoms with Gasteiger partial charge in [-0.25, -0.2) is 0 Å². The number of benzene rings is 1. The van der Waals surface area contributed by atoms with E-state index in [2.05, 4.69) is 57.8 Å². The number of hydrogen-bond acceptors (Lipinski definition) is 8. The molecule has 0 radical (unpaired) electrons. The van der Waals surface area contributed by atoms with Crippen molar-refractivity contribution in [1.82, 2.24) is 29.6 Å². The van der Waals surface area contributed by atoms with Gasteiger partial charge in [-0.2, -0.15) is 0 Å². The third kappa shape index (κ3) is 9.74. The van der Waals surface area contributed by atoms with Crippen molar-refractivity contribution >= 4 is 0 Å². The number of rotatable bonds is 15. The van der Waals surface area contributed by atoms with Crippen LogP contribution >= 0.6 is 0 Å². The Morgan fingerprint density at radius 3 is 1.49 bits per heavy atom. The summed E-state index contributed by atoms with van der Waals surface area (Å²) < 4.78 is 5.66. The SMILES string of the molecule is COc1cc(CN(CCN(C)C)Cc2ccccn2)c(O)c(CN(CCN(C)C)Cc2ccccn2)c1. The second-order valence-corrected chi connectivity index (χ2v) is 9.96. The number of phenols is 1. The largest absolute Gasteiger partial charge is 0.507 e. The van der Waals surface area contributed by atoms with E-state index in [-0.39, 0.29) is 0 Å². The van der Waals surface area contributed by atoms with Crippen LogP contribution in [0.5, 0.6) is 11.5 Å². The van der Waals surface area contributed by atoms with Crippen molar-refractivity contribution in [2.24, 2.45) is 0 Å². The molecule has 0 bridgehead atoms. The van der Waals surface area contributed by atoms with Gasteiger partial charge in [0.15, 0.2) is 0 Å². The van der Waals surface area contributed by atoms with Crippen LogP contribution in [0.4, 0.5) is 0 Å². The molecule has 0 unspecified atom stereocenters.